The van der Waals surface area contributed by atoms with E-state index in [-0.39, 0.29) is 0 Å². The molecule has 0 aliphatic heterocycles. The largest absolute Gasteiger partial charge is 0.135 e. The predicted molar refractivity (Wildman–Crippen MR) is 180 cm³/mol. The Morgan fingerprint density at radius 1 is 0.293 bits per heavy atom. The van der Waals surface area contributed by atoms with Crippen molar-refractivity contribution in [3.05, 3.63) is 146 Å². The summed E-state index contributed by atoms with van der Waals surface area (Å²) >= 11 is 1.90. The van der Waals surface area contributed by atoms with Crippen molar-refractivity contribution in [3.63, 3.8) is 0 Å². The average Bonchev–Trinajstić information content (AvgIpc) is 3.43. The first kappa shape index (κ1) is 22.8. The minimum absolute atomic E-state index is 1.24. The first-order chi connectivity index (χ1) is 20.3. The molecule has 190 valence electrons. The molecule has 0 saturated carbocycles. The standard InChI is InChI=1S/C40H24S/c1-2-11-30-25(8-1)16-20-36-38-24-29(18-21-39(38)41-40(30)36)27-10-7-9-26(22-27)28-17-19-35-33-14-4-3-12-31(33)32-13-5-6-15-34(32)37(35)23-28/h1-24H. The molecule has 0 saturated heterocycles. The van der Waals surface area contributed by atoms with Gasteiger partial charge in [-0.15, -0.1) is 11.3 Å². The molecule has 1 heterocycles. The molecule has 0 atom stereocenters. The van der Waals surface area contributed by atoms with E-state index in [1.807, 2.05) is 11.3 Å². The van der Waals surface area contributed by atoms with Crippen LogP contribution in [0.1, 0.15) is 0 Å². The summed E-state index contributed by atoms with van der Waals surface area (Å²) in [7, 11) is 0. The highest BCUT2D eigenvalue weighted by molar-refractivity contribution is 7.26. The second-order valence-corrected chi connectivity index (χ2v) is 12.0. The van der Waals surface area contributed by atoms with Gasteiger partial charge < -0.3 is 0 Å². The Hall–Kier alpha value is -4.98. The van der Waals surface area contributed by atoms with Crippen molar-refractivity contribution in [1.82, 2.24) is 0 Å². The van der Waals surface area contributed by atoms with Gasteiger partial charge in [0.2, 0.25) is 0 Å². The molecule has 0 aliphatic rings. The van der Waals surface area contributed by atoms with Gasteiger partial charge in [0.25, 0.3) is 0 Å². The fraction of sp³-hybridized carbons (Fsp3) is 0. The summed E-state index contributed by atoms with van der Waals surface area (Å²) < 4.78 is 2.71. The smallest absolute Gasteiger partial charge is 0.0433 e. The summed E-state index contributed by atoms with van der Waals surface area (Å²) in [6, 6.07) is 53.7. The molecular weight excluding hydrogens is 513 g/mol. The molecule has 0 nitrogen and oxygen atoms in total. The number of hydrogen-bond donors (Lipinski definition) is 0. The highest BCUT2D eigenvalue weighted by Gasteiger charge is 2.12. The molecule has 0 bridgehead atoms. The predicted octanol–water partition coefficient (Wildman–Crippen LogP) is 12.0. The summed E-state index contributed by atoms with van der Waals surface area (Å²) in [5.41, 5.74) is 4.98. The first-order valence-corrected chi connectivity index (χ1v) is 14.9. The Bertz CT molecular complexity index is 2440. The van der Waals surface area contributed by atoms with Crippen LogP contribution in [0.25, 0.3) is 85.5 Å². The maximum Gasteiger partial charge on any atom is 0.0433 e. The van der Waals surface area contributed by atoms with Gasteiger partial charge >= 0.3 is 0 Å². The van der Waals surface area contributed by atoms with Gasteiger partial charge in [0, 0.05) is 20.2 Å². The molecule has 9 aromatic rings. The first-order valence-electron chi connectivity index (χ1n) is 14.1. The normalized spacial score (nSPS) is 11.9. The van der Waals surface area contributed by atoms with Crippen LogP contribution in [0, 0.1) is 0 Å². The van der Waals surface area contributed by atoms with Crippen LogP contribution in [-0.4, -0.2) is 0 Å². The molecular formula is C40H24S. The van der Waals surface area contributed by atoms with Crippen LogP contribution in [0.5, 0.6) is 0 Å². The lowest BCUT2D eigenvalue weighted by atomic mass is 9.91. The van der Waals surface area contributed by atoms with Crippen molar-refractivity contribution in [2.75, 3.05) is 0 Å². The summed E-state index contributed by atoms with van der Waals surface area (Å²) in [4.78, 5) is 0. The topological polar surface area (TPSA) is 0 Å². The summed E-state index contributed by atoms with van der Waals surface area (Å²) in [6.07, 6.45) is 0. The Kier molecular flexibility index (Phi) is 4.87. The monoisotopic (exact) mass is 536 g/mol. The molecule has 0 unspecified atom stereocenters. The summed E-state index contributed by atoms with van der Waals surface area (Å²) in [5, 5.41) is 13.2. The van der Waals surface area contributed by atoms with E-state index in [1.54, 1.807) is 0 Å². The maximum atomic E-state index is 2.38. The van der Waals surface area contributed by atoms with Gasteiger partial charge in [0.05, 0.1) is 0 Å². The van der Waals surface area contributed by atoms with E-state index in [0.717, 1.165) is 0 Å². The molecule has 1 aromatic heterocycles. The number of rotatable bonds is 2. The van der Waals surface area contributed by atoms with Crippen LogP contribution in [0.15, 0.2) is 146 Å². The third kappa shape index (κ3) is 3.46. The molecule has 0 radical (unpaired) electrons. The van der Waals surface area contributed by atoms with Gasteiger partial charge in [-0.2, -0.15) is 0 Å². The van der Waals surface area contributed by atoms with Crippen LogP contribution in [0.2, 0.25) is 0 Å². The van der Waals surface area contributed by atoms with E-state index in [0.29, 0.717) is 0 Å². The molecule has 0 fully saturated rings. The second-order valence-electron chi connectivity index (χ2n) is 10.9. The van der Waals surface area contributed by atoms with Crippen LogP contribution < -0.4 is 0 Å². The fourth-order valence-electron chi connectivity index (χ4n) is 6.65. The molecule has 8 aromatic carbocycles. The van der Waals surface area contributed by atoms with E-state index in [9.17, 15) is 0 Å². The highest BCUT2D eigenvalue weighted by Crippen LogP contribution is 2.41. The zero-order valence-corrected chi connectivity index (χ0v) is 23.1. The van der Waals surface area contributed by atoms with Crippen LogP contribution >= 0.6 is 11.3 Å². The zero-order valence-electron chi connectivity index (χ0n) is 22.3. The van der Waals surface area contributed by atoms with Crippen molar-refractivity contribution in [3.8, 4) is 22.3 Å². The van der Waals surface area contributed by atoms with E-state index >= 15 is 0 Å². The summed E-state index contributed by atoms with van der Waals surface area (Å²) in [5.74, 6) is 0. The molecule has 1 heteroatoms. The Morgan fingerprint density at radius 3 is 1.51 bits per heavy atom. The number of hydrogen-bond acceptors (Lipinski definition) is 1. The van der Waals surface area contributed by atoms with Gasteiger partial charge in [-0.1, -0.05) is 121 Å². The van der Waals surface area contributed by atoms with Crippen LogP contribution in [0.3, 0.4) is 0 Å². The second kappa shape index (κ2) is 8.76. The zero-order chi connectivity index (χ0) is 26.9. The van der Waals surface area contributed by atoms with E-state index in [1.165, 1.54) is 85.5 Å². The molecule has 0 aliphatic carbocycles. The Balaban J connectivity index is 1.20. The lowest BCUT2D eigenvalue weighted by Crippen LogP contribution is -1.85. The van der Waals surface area contributed by atoms with Crippen molar-refractivity contribution < 1.29 is 0 Å². The third-order valence-electron chi connectivity index (χ3n) is 8.63. The highest BCUT2D eigenvalue weighted by atomic mass is 32.1. The molecule has 9 rings (SSSR count). The molecule has 41 heavy (non-hydrogen) atoms. The van der Waals surface area contributed by atoms with Gasteiger partial charge in [-0.25, -0.2) is 0 Å². The third-order valence-corrected chi connectivity index (χ3v) is 9.85. The minimum atomic E-state index is 1.24. The maximum absolute atomic E-state index is 2.38. The van der Waals surface area contributed by atoms with E-state index in [2.05, 4.69) is 146 Å². The fourth-order valence-corrected chi connectivity index (χ4v) is 7.87. The number of thiophene rings is 1. The minimum Gasteiger partial charge on any atom is -0.135 e. The van der Waals surface area contributed by atoms with E-state index < -0.39 is 0 Å². The molecule has 0 amide bonds. The SMILES string of the molecule is c1cc(-c2ccc3sc4c5ccccc5ccc4c3c2)cc(-c2ccc3c4ccccc4c4ccccc4c3c2)c1. The Labute approximate surface area is 241 Å². The van der Waals surface area contributed by atoms with Crippen molar-refractivity contribution in [2.24, 2.45) is 0 Å². The van der Waals surface area contributed by atoms with Crippen LogP contribution in [-0.2, 0) is 0 Å². The van der Waals surface area contributed by atoms with Crippen molar-refractivity contribution >= 4 is 74.6 Å². The molecule has 0 N–H and O–H groups in total. The quantitative estimate of drug-likeness (QED) is 0.193. The van der Waals surface area contributed by atoms with Gasteiger partial charge in [0.1, 0.15) is 0 Å². The lowest BCUT2D eigenvalue weighted by molar-refractivity contribution is 1.62. The number of benzene rings is 8. The van der Waals surface area contributed by atoms with Gasteiger partial charge in [-0.05, 0) is 89.6 Å². The van der Waals surface area contributed by atoms with Gasteiger partial charge in [0.15, 0.2) is 0 Å². The Morgan fingerprint density at radius 2 is 0.805 bits per heavy atom. The van der Waals surface area contributed by atoms with E-state index in [4.69, 9.17) is 0 Å². The van der Waals surface area contributed by atoms with Crippen LogP contribution in [0.4, 0.5) is 0 Å². The van der Waals surface area contributed by atoms with Gasteiger partial charge in [-0.3, -0.25) is 0 Å². The van der Waals surface area contributed by atoms with Crippen molar-refractivity contribution in [2.45, 2.75) is 0 Å². The molecule has 0 spiro atoms. The van der Waals surface area contributed by atoms with Crippen molar-refractivity contribution in [1.29, 1.82) is 0 Å². The average molecular weight is 537 g/mol. The number of fused-ring (bicyclic) bond motifs is 11. The summed E-state index contributed by atoms with van der Waals surface area (Å²) in [6.45, 7) is 0. The lowest BCUT2D eigenvalue weighted by Gasteiger charge is -2.12.